The van der Waals surface area contributed by atoms with Crippen LogP contribution in [0.25, 0.3) is 0 Å². The summed E-state index contributed by atoms with van der Waals surface area (Å²) in [5, 5.41) is 14.8. The number of nitrogens with zero attached hydrogens (tertiary/aromatic N) is 1. The van der Waals surface area contributed by atoms with E-state index < -0.39 is 0 Å². The van der Waals surface area contributed by atoms with Crippen LogP contribution in [0.5, 0.6) is 5.75 Å². The van der Waals surface area contributed by atoms with Gasteiger partial charge in [0, 0.05) is 37.8 Å². The highest BCUT2D eigenvalue weighted by molar-refractivity contribution is 5.85. The minimum Gasteiger partial charge on any atom is -0.507 e. The molecule has 2 fully saturated rings. The first-order chi connectivity index (χ1) is 12.1. The molecule has 0 aromatic heterocycles. The molecule has 0 spiro atoms. The van der Waals surface area contributed by atoms with Crippen molar-refractivity contribution in [3.8, 4) is 5.75 Å². The molecular formula is C23H40Cl2N2O. The van der Waals surface area contributed by atoms with Crippen LogP contribution in [-0.2, 0) is 10.8 Å². The largest absolute Gasteiger partial charge is 0.507 e. The normalized spacial score (nSPS) is 19.5. The molecule has 0 radical (unpaired) electrons. The van der Waals surface area contributed by atoms with Gasteiger partial charge in [0.25, 0.3) is 0 Å². The van der Waals surface area contributed by atoms with Crippen LogP contribution in [0, 0.1) is 5.92 Å². The van der Waals surface area contributed by atoms with Gasteiger partial charge in [-0.1, -0.05) is 60.5 Å². The lowest BCUT2D eigenvalue weighted by Gasteiger charge is -2.37. The number of piperazine rings is 1. The summed E-state index contributed by atoms with van der Waals surface area (Å²) in [5.74, 6) is 1.38. The first-order valence-electron chi connectivity index (χ1n) is 10.4. The van der Waals surface area contributed by atoms with Crippen molar-refractivity contribution in [1.82, 2.24) is 10.2 Å². The lowest BCUT2D eigenvalue weighted by Crippen LogP contribution is -2.45. The average molecular weight is 431 g/mol. The summed E-state index contributed by atoms with van der Waals surface area (Å²) < 4.78 is 0. The Kier molecular flexibility index (Phi) is 8.72. The quantitative estimate of drug-likeness (QED) is 0.654. The number of aromatic hydroxyl groups is 1. The predicted molar refractivity (Wildman–Crippen MR) is 125 cm³/mol. The number of hydrogen-bond donors (Lipinski definition) is 2. The SMILES string of the molecule is CC(C)(C)c1cc([C@@H](CC2CC2)N2CCNCC2)c(O)c(C(C)(C)C)c1.Cl.Cl. The third kappa shape index (κ3) is 6.01. The molecule has 1 aromatic carbocycles. The topological polar surface area (TPSA) is 35.5 Å². The highest BCUT2D eigenvalue weighted by Crippen LogP contribution is 2.46. The van der Waals surface area contributed by atoms with Crippen LogP contribution < -0.4 is 5.32 Å². The fourth-order valence-corrected chi connectivity index (χ4v) is 4.05. The van der Waals surface area contributed by atoms with E-state index in [2.05, 4.69) is 63.9 Å². The maximum atomic E-state index is 11.3. The number of benzene rings is 1. The molecule has 1 saturated heterocycles. The lowest BCUT2D eigenvalue weighted by molar-refractivity contribution is 0.157. The maximum absolute atomic E-state index is 11.3. The van der Waals surface area contributed by atoms with Gasteiger partial charge < -0.3 is 10.4 Å². The minimum absolute atomic E-state index is 0. The Morgan fingerprint density at radius 2 is 1.57 bits per heavy atom. The zero-order valence-corrected chi connectivity index (χ0v) is 20.1. The first kappa shape index (κ1) is 25.6. The van der Waals surface area contributed by atoms with Crippen LogP contribution in [0.2, 0.25) is 0 Å². The van der Waals surface area contributed by atoms with Crippen molar-refractivity contribution < 1.29 is 5.11 Å². The van der Waals surface area contributed by atoms with Crippen molar-refractivity contribution in [2.45, 2.75) is 77.7 Å². The molecule has 0 unspecified atom stereocenters. The minimum atomic E-state index is -0.0618. The van der Waals surface area contributed by atoms with Crippen LogP contribution in [0.15, 0.2) is 12.1 Å². The maximum Gasteiger partial charge on any atom is 0.124 e. The summed E-state index contributed by atoms with van der Waals surface area (Å²) in [5.41, 5.74) is 3.61. The summed E-state index contributed by atoms with van der Waals surface area (Å²) in [6.07, 6.45) is 3.90. The van der Waals surface area contributed by atoms with Crippen LogP contribution >= 0.6 is 24.8 Å². The number of hydrogen-bond acceptors (Lipinski definition) is 3. The van der Waals surface area contributed by atoms with Crippen LogP contribution in [0.4, 0.5) is 0 Å². The van der Waals surface area contributed by atoms with Gasteiger partial charge in [0.15, 0.2) is 0 Å². The molecule has 28 heavy (non-hydrogen) atoms. The van der Waals surface area contributed by atoms with E-state index in [4.69, 9.17) is 0 Å². The van der Waals surface area contributed by atoms with Gasteiger partial charge >= 0.3 is 0 Å². The first-order valence-corrected chi connectivity index (χ1v) is 10.4. The Bertz CT molecular complexity index is 639. The van der Waals surface area contributed by atoms with Gasteiger partial charge in [-0.2, -0.15) is 0 Å². The average Bonchev–Trinajstić information content (AvgIpc) is 3.36. The number of phenolic OH excluding ortho intramolecular Hbond substituents is 1. The smallest absolute Gasteiger partial charge is 0.124 e. The summed E-state index contributed by atoms with van der Waals surface area (Å²) in [7, 11) is 0. The fraction of sp³-hybridized carbons (Fsp3) is 0.739. The van der Waals surface area contributed by atoms with E-state index in [9.17, 15) is 5.11 Å². The van der Waals surface area contributed by atoms with E-state index in [0.29, 0.717) is 11.8 Å². The van der Waals surface area contributed by atoms with E-state index in [1.165, 1.54) is 24.8 Å². The number of nitrogens with one attached hydrogen (secondary N) is 1. The Morgan fingerprint density at radius 3 is 2.04 bits per heavy atom. The third-order valence-corrected chi connectivity index (χ3v) is 6.02. The molecule has 1 atom stereocenters. The fourth-order valence-electron chi connectivity index (χ4n) is 4.05. The Balaban J connectivity index is 0.00000196. The van der Waals surface area contributed by atoms with Crippen LogP contribution in [-0.4, -0.2) is 36.2 Å². The molecule has 0 bridgehead atoms. The molecule has 1 heterocycles. The molecule has 5 heteroatoms. The summed E-state index contributed by atoms with van der Waals surface area (Å²) in [6.45, 7) is 17.7. The van der Waals surface area contributed by atoms with Crippen LogP contribution in [0.3, 0.4) is 0 Å². The number of halogens is 2. The molecule has 3 rings (SSSR count). The van der Waals surface area contributed by atoms with Crippen molar-refractivity contribution in [2.75, 3.05) is 26.2 Å². The Hall–Kier alpha value is -0.480. The summed E-state index contributed by atoms with van der Waals surface area (Å²) in [6, 6.07) is 4.89. The van der Waals surface area contributed by atoms with Gasteiger partial charge in [0.2, 0.25) is 0 Å². The molecule has 1 saturated carbocycles. The number of phenols is 1. The van der Waals surface area contributed by atoms with E-state index in [0.717, 1.165) is 43.2 Å². The van der Waals surface area contributed by atoms with Crippen molar-refractivity contribution >= 4 is 24.8 Å². The molecule has 162 valence electrons. The monoisotopic (exact) mass is 430 g/mol. The predicted octanol–water partition coefficient (Wildman–Crippen LogP) is 5.58. The molecule has 1 aliphatic carbocycles. The van der Waals surface area contributed by atoms with Gasteiger partial charge in [0.05, 0.1) is 0 Å². The van der Waals surface area contributed by atoms with E-state index in [1.54, 1.807) is 0 Å². The second-order valence-corrected chi connectivity index (χ2v) is 10.4. The molecule has 0 amide bonds. The Labute approximate surface area is 184 Å². The van der Waals surface area contributed by atoms with E-state index in [1.807, 2.05) is 0 Å². The molecule has 3 nitrogen and oxygen atoms in total. The highest BCUT2D eigenvalue weighted by Gasteiger charge is 2.34. The molecular weight excluding hydrogens is 391 g/mol. The van der Waals surface area contributed by atoms with Crippen molar-refractivity contribution in [3.05, 3.63) is 28.8 Å². The van der Waals surface area contributed by atoms with Gasteiger partial charge in [-0.15, -0.1) is 24.8 Å². The third-order valence-electron chi connectivity index (χ3n) is 6.02. The second kappa shape index (κ2) is 9.55. The molecule has 1 aromatic rings. The van der Waals surface area contributed by atoms with E-state index in [-0.39, 0.29) is 35.6 Å². The standard InChI is InChI=1S/C23H38N2O.2ClH/c1-22(2,3)17-14-18(21(26)19(15-17)23(4,5)6)20(13-16-7-8-16)25-11-9-24-10-12-25;;/h14-16,20,24,26H,7-13H2,1-6H3;2*1H/t20-;;/m1../s1. The van der Waals surface area contributed by atoms with Crippen molar-refractivity contribution in [2.24, 2.45) is 5.92 Å². The van der Waals surface area contributed by atoms with Crippen molar-refractivity contribution in [3.63, 3.8) is 0 Å². The molecule has 1 aliphatic heterocycles. The van der Waals surface area contributed by atoms with Gasteiger partial charge in [-0.25, -0.2) is 0 Å². The van der Waals surface area contributed by atoms with Gasteiger partial charge in [0.1, 0.15) is 5.75 Å². The second-order valence-electron chi connectivity index (χ2n) is 10.4. The molecule has 2 aliphatic rings. The summed E-state index contributed by atoms with van der Waals surface area (Å²) in [4.78, 5) is 2.60. The number of rotatable bonds is 4. The molecule has 2 N–H and O–H groups in total. The highest BCUT2D eigenvalue weighted by atomic mass is 35.5. The summed E-state index contributed by atoms with van der Waals surface area (Å²) >= 11 is 0. The zero-order chi connectivity index (χ0) is 19.1. The van der Waals surface area contributed by atoms with Gasteiger partial charge in [-0.3, -0.25) is 4.90 Å². The lowest BCUT2D eigenvalue weighted by atomic mass is 9.77. The zero-order valence-electron chi connectivity index (χ0n) is 18.5. The van der Waals surface area contributed by atoms with Gasteiger partial charge in [-0.05, 0) is 40.4 Å². The van der Waals surface area contributed by atoms with Crippen molar-refractivity contribution in [1.29, 1.82) is 0 Å². The van der Waals surface area contributed by atoms with Crippen LogP contribution in [0.1, 0.15) is 83.5 Å². The Morgan fingerprint density at radius 1 is 1.00 bits per heavy atom. The van der Waals surface area contributed by atoms with E-state index >= 15 is 0 Å².